The molecule has 0 radical (unpaired) electrons. The molecule has 29 heavy (non-hydrogen) atoms. The van der Waals surface area contributed by atoms with Crippen molar-refractivity contribution in [1.82, 2.24) is 15.1 Å². The first kappa shape index (κ1) is 22.1. The van der Waals surface area contributed by atoms with Crippen LogP contribution in [0.1, 0.15) is 11.1 Å². The van der Waals surface area contributed by atoms with Gasteiger partial charge in [0, 0.05) is 46.8 Å². The van der Waals surface area contributed by atoms with Gasteiger partial charge in [-0.25, -0.2) is 0 Å². The molecule has 2 aromatic carbocycles. The van der Waals surface area contributed by atoms with Crippen LogP contribution >= 0.6 is 0 Å². The fourth-order valence-electron chi connectivity index (χ4n) is 2.75. The molecule has 0 saturated carbocycles. The molecule has 0 aliphatic rings. The zero-order valence-electron chi connectivity index (χ0n) is 17.8. The molecule has 0 atom stereocenters. The van der Waals surface area contributed by atoms with Crippen molar-refractivity contribution in [2.45, 2.75) is 13.1 Å². The summed E-state index contributed by atoms with van der Waals surface area (Å²) >= 11 is 0. The second-order valence-corrected chi connectivity index (χ2v) is 6.79. The van der Waals surface area contributed by atoms with Gasteiger partial charge in [-0.1, -0.05) is 30.3 Å². The van der Waals surface area contributed by atoms with Crippen LogP contribution in [0.4, 0.5) is 0 Å². The molecule has 0 aromatic heterocycles. The van der Waals surface area contributed by atoms with Crippen LogP contribution in [0, 0.1) is 0 Å². The number of carbonyl (C=O) groups is 1. The van der Waals surface area contributed by atoms with Crippen molar-refractivity contribution in [2.75, 3.05) is 41.9 Å². The van der Waals surface area contributed by atoms with Gasteiger partial charge >= 0.3 is 0 Å². The third kappa shape index (κ3) is 6.71. The molecule has 0 bridgehead atoms. The van der Waals surface area contributed by atoms with Gasteiger partial charge < -0.3 is 24.6 Å². The fraction of sp³-hybridized carbons (Fsp3) is 0.364. The number of nitrogens with one attached hydrogen (secondary N) is 1. The first-order valence-electron chi connectivity index (χ1n) is 9.40. The van der Waals surface area contributed by atoms with E-state index >= 15 is 0 Å². The molecule has 0 fully saturated rings. The Morgan fingerprint density at radius 1 is 1.10 bits per heavy atom. The first-order chi connectivity index (χ1) is 13.9. The molecule has 2 aromatic rings. The molecule has 7 heteroatoms. The summed E-state index contributed by atoms with van der Waals surface area (Å²) < 4.78 is 11.0. The highest BCUT2D eigenvalue weighted by molar-refractivity contribution is 5.79. The predicted octanol–water partition coefficient (Wildman–Crippen LogP) is 2.37. The average Bonchev–Trinajstić information content (AvgIpc) is 2.73. The molecule has 0 spiro atoms. The molecule has 0 aliphatic carbocycles. The Bertz CT molecular complexity index is 836. The lowest BCUT2D eigenvalue weighted by Crippen LogP contribution is -2.38. The van der Waals surface area contributed by atoms with Gasteiger partial charge in [-0.05, 0) is 23.8 Å². The van der Waals surface area contributed by atoms with Gasteiger partial charge in [-0.2, -0.15) is 0 Å². The zero-order chi connectivity index (χ0) is 21.2. The smallest absolute Gasteiger partial charge is 0.259 e. The number of hydrogen-bond donors (Lipinski definition) is 1. The maximum absolute atomic E-state index is 11.7. The van der Waals surface area contributed by atoms with E-state index in [1.54, 1.807) is 28.3 Å². The van der Waals surface area contributed by atoms with E-state index in [2.05, 4.69) is 10.3 Å². The summed E-state index contributed by atoms with van der Waals surface area (Å²) in [6, 6.07) is 15.6. The van der Waals surface area contributed by atoms with Crippen molar-refractivity contribution in [2.24, 2.45) is 4.99 Å². The summed E-state index contributed by atoms with van der Waals surface area (Å²) in [5.74, 6) is 2.21. The first-order valence-corrected chi connectivity index (χ1v) is 9.40. The van der Waals surface area contributed by atoms with Gasteiger partial charge in [0.05, 0.1) is 7.11 Å². The van der Waals surface area contributed by atoms with Crippen LogP contribution in [0.25, 0.3) is 0 Å². The number of benzene rings is 2. The number of para-hydroxylation sites is 1. The highest BCUT2D eigenvalue weighted by Gasteiger charge is 2.10. The van der Waals surface area contributed by atoms with Gasteiger partial charge in [0.1, 0.15) is 11.5 Å². The van der Waals surface area contributed by atoms with Crippen molar-refractivity contribution in [1.29, 1.82) is 0 Å². The van der Waals surface area contributed by atoms with Crippen LogP contribution in [0.15, 0.2) is 53.5 Å². The molecule has 1 amide bonds. The Balaban J connectivity index is 1.95. The number of hydrogen-bond acceptors (Lipinski definition) is 4. The highest BCUT2D eigenvalue weighted by Crippen LogP contribution is 2.19. The Morgan fingerprint density at radius 2 is 1.86 bits per heavy atom. The van der Waals surface area contributed by atoms with Gasteiger partial charge in [-0.3, -0.25) is 9.79 Å². The Morgan fingerprint density at radius 3 is 2.55 bits per heavy atom. The minimum Gasteiger partial charge on any atom is -0.496 e. The normalized spacial score (nSPS) is 11.0. The summed E-state index contributed by atoms with van der Waals surface area (Å²) in [4.78, 5) is 19.6. The number of ether oxygens (including phenoxy) is 2. The molecular formula is C22H30N4O3. The van der Waals surface area contributed by atoms with E-state index in [1.165, 1.54) is 4.90 Å². The number of methoxy groups -OCH3 is 1. The van der Waals surface area contributed by atoms with Crippen LogP contribution < -0.4 is 14.8 Å². The molecule has 156 valence electrons. The number of rotatable bonds is 8. The second-order valence-electron chi connectivity index (χ2n) is 6.79. The number of amides is 1. The van der Waals surface area contributed by atoms with Crippen molar-refractivity contribution in [3.05, 3.63) is 59.7 Å². The number of carbonyl (C=O) groups excluding carboxylic acids is 1. The number of aliphatic imine (C=N–C) groups is 1. The zero-order valence-corrected chi connectivity index (χ0v) is 17.8. The lowest BCUT2D eigenvalue weighted by atomic mass is 10.2. The molecule has 0 aliphatic heterocycles. The van der Waals surface area contributed by atoms with Crippen LogP contribution in [-0.2, 0) is 17.9 Å². The lowest BCUT2D eigenvalue weighted by Gasteiger charge is -2.23. The molecule has 0 saturated heterocycles. The van der Waals surface area contributed by atoms with Crippen LogP contribution in [-0.4, -0.2) is 63.6 Å². The maximum atomic E-state index is 11.7. The Labute approximate surface area is 172 Å². The van der Waals surface area contributed by atoms with Gasteiger partial charge in [0.2, 0.25) is 0 Å². The highest BCUT2D eigenvalue weighted by atomic mass is 16.5. The van der Waals surface area contributed by atoms with Gasteiger partial charge in [0.25, 0.3) is 5.91 Å². The van der Waals surface area contributed by atoms with Crippen molar-refractivity contribution in [3.8, 4) is 11.5 Å². The van der Waals surface area contributed by atoms with Crippen molar-refractivity contribution < 1.29 is 14.3 Å². The summed E-state index contributed by atoms with van der Waals surface area (Å²) in [7, 11) is 8.83. The number of likely N-dealkylation sites (N-methyl/N-ethyl adjacent to an activating group) is 1. The second kappa shape index (κ2) is 10.9. The van der Waals surface area contributed by atoms with Crippen LogP contribution in [0.2, 0.25) is 0 Å². The summed E-state index contributed by atoms with van der Waals surface area (Å²) in [6.45, 7) is 1.27. The molecule has 0 unspecified atom stereocenters. The van der Waals surface area contributed by atoms with E-state index < -0.39 is 0 Å². The number of nitrogens with zero attached hydrogens (tertiary/aromatic N) is 3. The number of guanidine groups is 1. The van der Waals surface area contributed by atoms with Crippen LogP contribution in [0.5, 0.6) is 11.5 Å². The molecule has 2 rings (SSSR count). The summed E-state index contributed by atoms with van der Waals surface area (Å²) in [5.41, 5.74) is 2.12. The molecule has 7 nitrogen and oxygen atoms in total. The van der Waals surface area contributed by atoms with Crippen LogP contribution in [0.3, 0.4) is 0 Å². The topological polar surface area (TPSA) is 66.4 Å². The molecule has 1 N–H and O–H groups in total. The quantitative estimate of drug-likeness (QED) is 0.546. The van der Waals surface area contributed by atoms with E-state index in [0.29, 0.717) is 18.8 Å². The SMILES string of the molecule is CN=C(NCc1cccc(OCC(=O)N(C)C)c1)N(C)Cc1ccccc1OC. The average molecular weight is 399 g/mol. The van der Waals surface area contributed by atoms with E-state index in [-0.39, 0.29) is 12.5 Å². The van der Waals surface area contributed by atoms with E-state index in [1.807, 2.05) is 60.5 Å². The van der Waals surface area contributed by atoms with Crippen molar-refractivity contribution >= 4 is 11.9 Å². The van der Waals surface area contributed by atoms with Gasteiger partial charge in [-0.15, -0.1) is 0 Å². The molecular weight excluding hydrogens is 368 g/mol. The molecule has 0 heterocycles. The van der Waals surface area contributed by atoms with Crippen molar-refractivity contribution in [3.63, 3.8) is 0 Å². The summed E-state index contributed by atoms with van der Waals surface area (Å²) in [6.07, 6.45) is 0. The minimum atomic E-state index is -0.0769. The largest absolute Gasteiger partial charge is 0.496 e. The van der Waals surface area contributed by atoms with Gasteiger partial charge in [0.15, 0.2) is 12.6 Å². The van der Waals surface area contributed by atoms with E-state index in [0.717, 1.165) is 22.8 Å². The fourth-order valence-corrected chi connectivity index (χ4v) is 2.75. The standard InChI is InChI=1S/C22H30N4O3/c1-23-22(26(4)15-18-10-6-7-12-20(18)28-5)24-14-17-9-8-11-19(13-17)29-16-21(27)25(2)3/h6-13H,14-16H2,1-5H3,(H,23,24). The Kier molecular flexibility index (Phi) is 8.33. The summed E-state index contributed by atoms with van der Waals surface area (Å²) in [5, 5.41) is 3.36. The maximum Gasteiger partial charge on any atom is 0.259 e. The Hall–Kier alpha value is -3.22. The van der Waals surface area contributed by atoms with E-state index in [9.17, 15) is 4.79 Å². The lowest BCUT2D eigenvalue weighted by molar-refractivity contribution is -0.130. The third-order valence-electron chi connectivity index (χ3n) is 4.38. The monoisotopic (exact) mass is 398 g/mol. The van der Waals surface area contributed by atoms with E-state index in [4.69, 9.17) is 9.47 Å². The third-order valence-corrected chi connectivity index (χ3v) is 4.38. The predicted molar refractivity (Wildman–Crippen MR) is 115 cm³/mol. The minimum absolute atomic E-state index is 0.0210.